The van der Waals surface area contributed by atoms with E-state index in [4.69, 9.17) is 4.74 Å². The summed E-state index contributed by atoms with van der Waals surface area (Å²) < 4.78 is 6.42. The Morgan fingerprint density at radius 3 is 2.59 bits per heavy atom. The summed E-state index contributed by atoms with van der Waals surface area (Å²) in [7, 11) is 0. The van der Waals surface area contributed by atoms with E-state index < -0.39 is 41.1 Å². The lowest BCUT2D eigenvalue weighted by atomic mass is 9.66. The number of carboxylic acid groups (broad SMARTS) is 1. The fourth-order valence-electron chi connectivity index (χ4n) is 6.16. The first-order valence-electron chi connectivity index (χ1n) is 11.9. The highest BCUT2D eigenvalue weighted by Gasteiger charge is 2.79. The quantitative estimate of drug-likeness (QED) is 0.467. The van der Waals surface area contributed by atoms with Crippen LogP contribution in [-0.4, -0.2) is 80.8 Å². The number of nitrogens with zero attached hydrogens (tertiary/aromatic N) is 2. The van der Waals surface area contributed by atoms with Gasteiger partial charge in [-0.2, -0.15) is 0 Å². The van der Waals surface area contributed by atoms with Crippen molar-refractivity contribution in [1.82, 2.24) is 9.80 Å². The Kier molecular flexibility index (Phi) is 7.05. The maximum absolute atomic E-state index is 14.0. The third kappa shape index (κ3) is 3.55. The van der Waals surface area contributed by atoms with Gasteiger partial charge in [0.25, 0.3) is 0 Å². The molecule has 2 N–H and O–H groups in total. The molecule has 8 nitrogen and oxygen atoms in total. The van der Waals surface area contributed by atoms with Gasteiger partial charge in [-0.15, -0.1) is 6.58 Å². The summed E-state index contributed by atoms with van der Waals surface area (Å²) >= 11 is 0. The Morgan fingerprint density at radius 2 is 2.06 bits per heavy atom. The SMILES string of the molecule is C=CCN(CCCC)C(=O)C1N([C@@H](CO)[C@@H](C)CC)C(=O)[C@@H]2[C@@H](C(=O)O)[C@@]3(C)CCC12O3. The first-order valence-corrected chi connectivity index (χ1v) is 11.9. The molecule has 3 fully saturated rings. The number of aliphatic hydroxyl groups excluding tert-OH is 1. The fraction of sp³-hybridized carbons (Fsp3) is 0.792. The summed E-state index contributed by atoms with van der Waals surface area (Å²) in [6, 6.07) is -1.53. The minimum Gasteiger partial charge on any atom is -0.481 e. The molecule has 32 heavy (non-hydrogen) atoms. The van der Waals surface area contributed by atoms with Crippen LogP contribution in [0, 0.1) is 17.8 Å². The van der Waals surface area contributed by atoms with Gasteiger partial charge in [-0.3, -0.25) is 14.4 Å². The fourth-order valence-corrected chi connectivity index (χ4v) is 6.16. The summed E-state index contributed by atoms with van der Waals surface area (Å²) in [6.07, 6.45) is 5.02. The zero-order valence-electron chi connectivity index (χ0n) is 19.7. The second kappa shape index (κ2) is 9.14. The lowest BCUT2D eigenvalue weighted by Crippen LogP contribution is -2.60. The van der Waals surface area contributed by atoms with Crippen LogP contribution < -0.4 is 0 Å². The molecule has 0 aliphatic carbocycles. The predicted molar refractivity (Wildman–Crippen MR) is 119 cm³/mol. The molecule has 0 aromatic rings. The van der Waals surface area contributed by atoms with Crippen LogP contribution in [0.25, 0.3) is 0 Å². The summed E-state index contributed by atoms with van der Waals surface area (Å²) in [5.74, 6) is -3.70. The molecule has 3 aliphatic heterocycles. The van der Waals surface area contributed by atoms with Crippen LogP contribution in [0.2, 0.25) is 0 Å². The van der Waals surface area contributed by atoms with Crippen molar-refractivity contribution in [2.24, 2.45) is 17.8 Å². The van der Waals surface area contributed by atoms with Gasteiger partial charge in [-0.1, -0.05) is 39.7 Å². The Morgan fingerprint density at radius 1 is 1.38 bits per heavy atom. The zero-order valence-corrected chi connectivity index (χ0v) is 19.7. The van der Waals surface area contributed by atoms with Crippen molar-refractivity contribution in [2.45, 2.75) is 83.1 Å². The molecule has 3 heterocycles. The minimum absolute atomic E-state index is 0.0611. The second-order valence-electron chi connectivity index (χ2n) is 9.87. The van der Waals surface area contributed by atoms with Gasteiger partial charge in [0.1, 0.15) is 11.6 Å². The van der Waals surface area contributed by atoms with E-state index in [1.165, 1.54) is 4.90 Å². The highest BCUT2D eigenvalue weighted by atomic mass is 16.5. The summed E-state index contributed by atoms with van der Waals surface area (Å²) in [5.41, 5.74) is -2.16. The maximum Gasteiger partial charge on any atom is 0.310 e. The molecule has 2 unspecified atom stereocenters. The number of fused-ring (bicyclic) bond motifs is 1. The Bertz CT molecular complexity index is 772. The molecule has 0 radical (unpaired) electrons. The van der Waals surface area contributed by atoms with Crippen LogP contribution in [0.3, 0.4) is 0 Å². The van der Waals surface area contributed by atoms with Crippen LogP contribution in [0.5, 0.6) is 0 Å². The maximum atomic E-state index is 14.0. The molecule has 0 saturated carbocycles. The molecule has 0 aromatic carbocycles. The number of aliphatic hydroxyl groups is 1. The number of aliphatic carboxylic acids is 1. The van der Waals surface area contributed by atoms with Crippen molar-refractivity contribution in [3.8, 4) is 0 Å². The van der Waals surface area contributed by atoms with E-state index in [-0.39, 0.29) is 24.3 Å². The number of likely N-dealkylation sites (tertiary alicyclic amines) is 1. The van der Waals surface area contributed by atoms with E-state index in [9.17, 15) is 24.6 Å². The van der Waals surface area contributed by atoms with E-state index in [0.29, 0.717) is 32.4 Å². The Balaban J connectivity index is 2.13. The number of rotatable bonds is 11. The number of carbonyl (C=O) groups excluding carboxylic acids is 2. The summed E-state index contributed by atoms with van der Waals surface area (Å²) in [5, 5.41) is 20.3. The normalized spacial score (nSPS) is 35.0. The molecule has 3 aliphatic rings. The standard InChI is InChI=1S/C24H38N2O6/c1-6-9-13-25(12-7-2)21(29)19-24-11-10-23(5,32-24)18(22(30)31)17(24)20(28)26(19)16(14-27)15(4)8-3/h7,15-19,27H,2,6,8-14H2,1,3-5H3,(H,30,31)/t15-,16-,17-,18-,19?,23+,24?/m0/s1. The van der Waals surface area contributed by atoms with E-state index in [1.807, 2.05) is 20.8 Å². The van der Waals surface area contributed by atoms with Crippen LogP contribution in [0.1, 0.15) is 59.8 Å². The van der Waals surface area contributed by atoms with Crippen molar-refractivity contribution >= 4 is 17.8 Å². The number of ether oxygens (including phenoxy) is 1. The highest BCUT2D eigenvalue weighted by molar-refractivity contribution is 5.98. The average Bonchev–Trinajstić information content (AvgIpc) is 3.32. The van der Waals surface area contributed by atoms with Gasteiger partial charge in [-0.05, 0) is 32.1 Å². The first-order chi connectivity index (χ1) is 15.1. The minimum atomic E-state index is -1.18. The van der Waals surface area contributed by atoms with Gasteiger partial charge in [-0.25, -0.2) is 0 Å². The summed E-state index contributed by atoms with van der Waals surface area (Å²) in [6.45, 7) is 12.0. The van der Waals surface area contributed by atoms with E-state index >= 15 is 0 Å². The largest absolute Gasteiger partial charge is 0.481 e. The van der Waals surface area contributed by atoms with Crippen molar-refractivity contribution in [3.05, 3.63) is 12.7 Å². The summed E-state index contributed by atoms with van der Waals surface area (Å²) in [4.78, 5) is 43.3. The molecule has 180 valence electrons. The van der Waals surface area contributed by atoms with Crippen LogP contribution in [0.4, 0.5) is 0 Å². The number of amides is 2. The smallest absolute Gasteiger partial charge is 0.310 e. The molecule has 8 heteroatoms. The van der Waals surface area contributed by atoms with Crippen molar-refractivity contribution in [3.63, 3.8) is 0 Å². The van der Waals surface area contributed by atoms with Gasteiger partial charge < -0.3 is 24.7 Å². The van der Waals surface area contributed by atoms with Crippen LogP contribution in [0.15, 0.2) is 12.7 Å². The lowest BCUT2D eigenvalue weighted by Gasteiger charge is -2.41. The molecule has 3 saturated heterocycles. The van der Waals surface area contributed by atoms with Crippen LogP contribution in [-0.2, 0) is 19.1 Å². The number of hydrogen-bond donors (Lipinski definition) is 2. The number of carboxylic acids is 1. The first kappa shape index (κ1) is 24.7. The Labute approximate surface area is 190 Å². The third-order valence-electron chi connectivity index (χ3n) is 8.00. The monoisotopic (exact) mass is 450 g/mol. The third-order valence-corrected chi connectivity index (χ3v) is 8.00. The van der Waals surface area contributed by atoms with Gasteiger partial charge >= 0.3 is 5.97 Å². The molecule has 0 aromatic heterocycles. The van der Waals surface area contributed by atoms with Gasteiger partial charge in [0.2, 0.25) is 11.8 Å². The molecule has 3 rings (SSSR count). The van der Waals surface area contributed by atoms with Crippen LogP contribution >= 0.6 is 0 Å². The van der Waals surface area contributed by atoms with Crippen molar-refractivity contribution in [2.75, 3.05) is 19.7 Å². The number of unbranched alkanes of at least 4 members (excludes halogenated alkanes) is 1. The molecule has 7 atom stereocenters. The number of carbonyl (C=O) groups is 3. The molecule has 1 spiro atoms. The highest BCUT2D eigenvalue weighted by Crippen LogP contribution is 2.63. The van der Waals surface area contributed by atoms with Gasteiger partial charge in [0.15, 0.2) is 0 Å². The second-order valence-corrected chi connectivity index (χ2v) is 9.87. The number of hydrogen-bond acceptors (Lipinski definition) is 5. The van der Waals surface area contributed by atoms with E-state index in [1.54, 1.807) is 17.9 Å². The molecule has 2 bridgehead atoms. The van der Waals surface area contributed by atoms with Crippen molar-refractivity contribution in [1.29, 1.82) is 0 Å². The zero-order chi connectivity index (χ0) is 23.8. The average molecular weight is 451 g/mol. The van der Waals surface area contributed by atoms with Gasteiger partial charge in [0.05, 0.1) is 30.1 Å². The predicted octanol–water partition coefficient (Wildman–Crippen LogP) is 2.06. The molecular weight excluding hydrogens is 412 g/mol. The van der Waals surface area contributed by atoms with E-state index in [0.717, 1.165) is 12.8 Å². The Hall–Kier alpha value is -1.93. The van der Waals surface area contributed by atoms with Crippen molar-refractivity contribution < 1.29 is 29.3 Å². The van der Waals surface area contributed by atoms with E-state index in [2.05, 4.69) is 6.58 Å². The van der Waals surface area contributed by atoms with Gasteiger partial charge in [0, 0.05) is 13.1 Å². The topological polar surface area (TPSA) is 107 Å². The molecular formula is C24H38N2O6. The molecule has 2 amide bonds. The lowest BCUT2D eigenvalue weighted by molar-refractivity contribution is -0.159.